The number of halogens is 1. The van der Waals surface area contributed by atoms with E-state index >= 15 is 0 Å². The Hall–Kier alpha value is -3.13. The molecule has 0 aromatic heterocycles. The number of terminal acetylenes is 1. The fraction of sp³-hybridized carbons (Fsp3) is 0.238. The monoisotopic (exact) mass is 352 g/mol. The summed E-state index contributed by atoms with van der Waals surface area (Å²) in [5, 5.41) is 2.50. The van der Waals surface area contributed by atoms with E-state index in [-0.39, 0.29) is 30.5 Å². The molecule has 0 atom stereocenters. The second-order valence-electron chi connectivity index (χ2n) is 5.98. The second kappa shape index (κ2) is 9.38. The van der Waals surface area contributed by atoms with Crippen LogP contribution in [-0.4, -0.2) is 24.8 Å². The van der Waals surface area contributed by atoms with Crippen LogP contribution in [0, 0.1) is 18.2 Å². The summed E-state index contributed by atoms with van der Waals surface area (Å²) in [6.07, 6.45) is 5.72. The average Bonchev–Trinajstić information content (AvgIpc) is 2.62. The maximum absolute atomic E-state index is 13.0. The van der Waals surface area contributed by atoms with Gasteiger partial charge in [-0.05, 0) is 35.4 Å². The molecule has 2 aromatic carbocycles. The van der Waals surface area contributed by atoms with E-state index in [1.165, 1.54) is 19.1 Å². The molecule has 0 heterocycles. The van der Waals surface area contributed by atoms with Gasteiger partial charge in [0.05, 0.1) is 13.1 Å². The van der Waals surface area contributed by atoms with Crippen molar-refractivity contribution in [1.82, 2.24) is 5.32 Å². The van der Waals surface area contributed by atoms with E-state index < -0.39 is 0 Å². The van der Waals surface area contributed by atoms with Crippen LogP contribution in [0.3, 0.4) is 0 Å². The van der Waals surface area contributed by atoms with Gasteiger partial charge in [-0.1, -0.05) is 30.2 Å². The van der Waals surface area contributed by atoms with Gasteiger partial charge in [0.1, 0.15) is 5.82 Å². The van der Waals surface area contributed by atoms with Gasteiger partial charge in [-0.2, -0.15) is 0 Å². The lowest BCUT2D eigenvalue weighted by molar-refractivity contribution is -0.123. The molecule has 4 nitrogen and oxygen atoms in total. The number of anilines is 1. The van der Waals surface area contributed by atoms with Crippen molar-refractivity contribution in [2.75, 3.05) is 18.0 Å². The molecule has 2 aromatic rings. The fourth-order valence-corrected chi connectivity index (χ4v) is 2.50. The van der Waals surface area contributed by atoms with Crippen LogP contribution >= 0.6 is 0 Å². The highest BCUT2D eigenvalue weighted by Gasteiger charge is 2.09. The summed E-state index contributed by atoms with van der Waals surface area (Å²) in [6, 6.07) is 13.9. The first-order valence-corrected chi connectivity index (χ1v) is 8.26. The van der Waals surface area contributed by atoms with Crippen molar-refractivity contribution in [3.8, 4) is 12.3 Å². The van der Waals surface area contributed by atoms with Crippen molar-refractivity contribution in [3.05, 3.63) is 65.5 Å². The van der Waals surface area contributed by atoms with Gasteiger partial charge in [-0.15, -0.1) is 6.42 Å². The molecule has 0 aliphatic heterocycles. The normalized spacial score (nSPS) is 10.0. The molecule has 0 fully saturated rings. The zero-order valence-corrected chi connectivity index (χ0v) is 14.7. The molecule has 0 radical (unpaired) electrons. The quantitative estimate of drug-likeness (QED) is 0.743. The van der Waals surface area contributed by atoms with Gasteiger partial charge in [0.25, 0.3) is 0 Å². The Bertz CT molecular complexity index is 792. The lowest BCUT2D eigenvalue weighted by Crippen LogP contribution is -2.28. The molecule has 134 valence electrons. The van der Waals surface area contributed by atoms with E-state index in [0.29, 0.717) is 13.1 Å². The summed E-state index contributed by atoms with van der Waals surface area (Å²) in [5.74, 6) is 2.08. The highest BCUT2D eigenvalue weighted by atomic mass is 19.1. The minimum Gasteiger partial charge on any atom is -0.356 e. The van der Waals surface area contributed by atoms with Crippen LogP contribution in [-0.2, 0) is 22.6 Å². The molecule has 0 spiro atoms. The van der Waals surface area contributed by atoms with E-state index in [0.717, 1.165) is 16.8 Å². The Kier molecular flexibility index (Phi) is 6.92. The SMILES string of the molecule is C#CCN(Cc1ccc(F)cc1)c1ccc(CC(=O)CNC(C)=O)cc1. The van der Waals surface area contributed by atoms with Gasteiger partial charge in [0.15, 0.2) is 5.78 Å². The minimum atomic E-state index is -0.273. The number of rotatable bonds is 8. The zero-order chi connectivity index (χ0) is 18.9. The number of carbonyl (C=O) groups excluding carboxylic acids is 2. The van der Waals surface area contributed by atoms with Crippen LogP contribution in [0.1, 0.15) is 18.1 Å². The number of Topliss-reactive ketones (excluding diaryl/α,β-unsaturated/α-hetero) is 1. The van der Waals surface area contributed by atoms with Gasteiger partial charge in [0.2, 0.25) is 5.91 Å². The first-order valence-electron chi connectivity index (χ1n) is 8.26. The van der Waals surface area contributed by atoms with Gasteiger partial charge in [0, 0.05) is 25.6 Å². The highest BCUT2D eigenvalue weighted by Crippen LogP contribution is 2.18. The molecular formula is C21H21FN2O2. The number of nitrogens with one attached hydrogen (secondary N) is 1. The molecule has 0 aliphatic carbocycles. The summed E-state index contributed by atoms with van der Waals surface area (Å²) >= 11 is 0. The Morgan fingerprint density at radius 1 is 1.08 bits per heavy atom. The van der Waals surface area contributed by atoms with Crippen molar-refractivity contribution in [1.29, 1.82) is 0 Å². The Morgan fingerprint density at radius 2 is 1.69 bits per heavy atom. The molecule has 1 amide bonds. The van der Waals surface area contributed by atoms with Gasteiger partial charge >= 0.3 is 0 Å². The smallest absolute Gasteiger partial charge is 0.217 e. The molecule has 0 aliphatic rings. The van der Waals surface area contributed by atoms with Gasteiger partial charge in [-0.25, -0.2) is 4.39 Å². The molecular weight excluding hydrogens is 331 g/mol. The van der Waals surface area contributed by atoms with E-state index in [2.05, 4.69) is 11.2 Å². The third-order valence-corrected chi connectivity index (χ3v) is 3.81. The third kappa shape index (κ3) is 6.06. The molecule has 0 bridgehead atoms. The van der Waals surface area contributed by atoms with Crippen LogP contribution in [0.4, 0.5) is 10.1 Å². The number of nitrogens with zero attached hydrogens (tertiary/aromatic N) is 1. The number of carbonyl (C=O) groups is 2. The van der Waals surface area contributed by atoms with Crippen LogP contribution in [0.25, 0.3) is 0 Å². The number of benzene rings is 2. The molecule has 26 heavy (non-hydrogen) atoms. The first-order chi connectivity index (χ1) is 12.5. The van der Waals surface area contributed by atoms with E-state index in [4.69, 9.17) is 6.42 Å². The van der Waals surface area contributed by atoms with Gasteiger partial charge < -0.3 is 10.2 Å². The standard InChI is InChI=1S/C21H21FN2O2/c1-3-12-24(15-18-4-8-19(22)9-5-18)20-10-6-17(7-11-20)13-21(26)14-23-16(2)25/h1,4-11H,12-15H2,2H3,(H,23,25). The van der Waals surface area contributed by atoms with Crippen molar-refractivity contribution < 1.29 is 14.0 Å². The Balaban J connectivity index is 2.03. The first kappa shape index (κ1) is 19.2. The highest BCUT2D eigenvalue weighted by molar-refractivity contribution is 5.86. The Morgan fingerprint density at radius 3 is 2.27 bits per heavy atom. The van der Waals surface area contributed by atoms with Crippen molar-refractivity contribution in [3.63, 3.8) is 0 Å². The molecule has 0 saturated heterocycles. The van der Waals surface area contributed by atoms with Crippen molar-refractivity contribution in [2.24, 2.45) is 0 Å². The molecule has 1 N–H and O–H groups in total. The summed E-state index contributed by atoms with van der Waals surface area (Å²) in [6.45, 7) is 2.39. The molecule has 0 unspecified atom stereocenters. The predicted molar refractivity (Wildman–Crippen MR) is 100 cm³/mol. The Labute approximate surface area is 153 Å². The molecule has 0 saturated carbocycles. The number of hydrogen-bond acceptors (Lipinski definition) is 3. The van der Waals surface area contributed by atoms with Crippen LogP contribution in [0.15, 0.2) is 48.5 Å². The fourth-order valence-electron chi connectivity index (χ4n) is 2.50. The van der Waals surface area contributed by atoms with E-state index in [1.807, 2.05) is 29.2 Å². The number of hydrogen-bond donors (Lipinski definition) is 1. The van der Waals surface area contributed by atoms with Crippen LogP contribution in [0.5, 0.6) is 0 Å². The van der Waals surface area contributed by atoms with E-state index in [1.54, 1.807) is 12.1 Å². The zero-order valence-electron chi connectivity index (χ0n) is 14.7. The summed E-state index contributed by atoms with van der Waals surface area (Å²) < 4.78 is 13.0. The van der Waals surface area contributed by atoms with E-state index in [9.17, 15) is 14.0 Å². The lowest BCUT2D eigenvalue weighted by atomic mass is 10.1. The predicted octanol–water partition coefficient (Wildman–Crippen LogP) is 2.71. The maximum Gasteiger partial charge on any atom is 0.217 e. The lowest BCUT2D eigenvalue weighted by Gasteiger charge is -2.23. The summed E-state index contributed by atoms with van der Waals surface area (Å²) in [4.78, 5) is 24.7. The largest absolute Gasteiger partial charge is 0.356 e. The van der Waals surface area contributed by atoms with Crippen molar-refractivity contribution >= 4 is 17.4 Å². The summed E-state index contributed by atoms with van der Waals surface area (Å²) in [7, 11) is 0. The molecule has 2 rings (SSSR count). The average molecular weight is 352 g/mol. The van der Waals surface area contributed by atoms with Crippen LogP contribution in [0.2, 0.25) is 0 Å². The summed E-state index contributed by atoms with van der Waals surface area (Å²) in [5.41, 5.74) is 2.74. The minimum absolute atomic E-state index is 0.0326. The number of amides is 1. The van der Waals surface area contributed by atoms with Crippen LogP contribution < -0.4 is 10.2 Å². The second-order valence-corrected chi connectivity index (χ2v) is 5.98. The van der Waals surface area contributed by atoms with Crippen molar-refractivity contribution in [2.45, 2.75) is 19.9 Å². The maximum atomic E-state index is 13.0. The topological polar surface area (TPSA) is 49.4 Å². The number of ketones is 1. The third-order valence-electron chi connectivity index (χ3n) is 3.81. The van der Waals surface area contributed by atoms with Gasteiger partial charge in [-0.3, -0.25) is 9.59 Å². The molecule has 5 heteroatoms.